The van der Waals surface area contributed by atoms with E-state index in [0.717, 1.165) is 45.5 Å². The SMILES string of the molecule is CN1C(=O)CCC(NC2CCOC3(CCOCC3)C2)C1=O. The van der Waals surface area contributed by atoms with Gasteiger partial charge in [-0.1, -0.05) is 0 Å². The minimum Gasteiger partial charge on any atom is -0.381 e. The van der Waals surface area contributed by atoms with E-state index >= 15 is 0 Å². The van der Waals surface area contributed by atoms with Crippen molar-refractivity contribution < 1.29 is 19.1 Å². The summed E-state index contributed by atoms with van der Waals surface area (Å²) in [7, 11) is 1.57. The molecule has 2 atom stereocenters. The molecule has 0 radical (unpaired) electrons. The van der Waals surface area contributed by atoms with Gasteiger partial charge in [-0.05, 0) is 32.1 Å². The van der Waals surface area contributed by atoms with Gasteiger partial charge in [0.15, 0.2) is 0 Å². The van der Waals surface area contributed by atoms with Crippen molar-refractivity contribution in [2.24, 2.45) is 0 Å². The van der Waals surface area contributed by atoms with Gasteiger partial charge in [-0.3, -0.25) is 14.5 Å². The van der Waals surface area contributed by atoms with E-state index in [0.29, 0.717) is 12.8 Å². The lowest BCUT2D eigenvalue weighted by Gasteiger charge is -2.44. The second-order valence-corrected chi connectivity index (χ2v) is 6.38. The maximum absolute atomic E-state index is 12.2. The molecular formula is C15H24N2O4. The van der Waals surface area contributed by atoms with Gasteiger partial charge in [-0.25, -0.2) is 0 Å². The molecule has 3 saturated heterocycles. The zero-order chi connectivity index (χ0) is 14.9. The van der Waals surface area contributed by atoms with Crippen LogP contribution < -0.4 is 5.32 Å². The van der Waals surface area contributed by atoms with Crippen LogP contribution in [-0.2, 0) is 19.1 Å². The van der Waals surface area contributed by atoms with E-state index in [1.807, 2.05) is 0 Å². The molecule has 0 aliphatic carbocycles. The topological polar surface area (TPSA) is 67.9 Å². The molecule has 2 amide bonds. The standard InChI is InChI=1S/C15H24N2O4/c1-17-13(18)3-2-12(14(17)19)16-11-4-7-21-15(10-11)5-8-20-9-6-15/h11-12,16H,2-10H2,1H3. The van der Waals surface area contributed by atoms with E-state index in [2.05, 4.69) is 5.32 Å². The summed E-state index contributed by atoms with van der Waals surface area (Å²) in [6.07, 6.45) is 4.77. The zero-order valence-electron chi connectivity index (χ0n) is 12.6. The molecule has 2 unspecified atom stereocenters. The highest BCUT2D eigenvalue weighted by atomic mass is 16.5. The van der Waals surface area contributed by atoms with Crippen LogP contribution in [0, 0.1) is 0 Å². The molecule has 21 heavy (non-hydrogen) atoms. The number of likely N-dealkylation sites (tertiary alicyclic amines) is 1. The molecule has 3 rings (SSSR count). The Balaban J connectivity index is 1.59. The molecule has 118 valence electrons. The molecule has 3 aliphatic rings. The number of nitrogens with one attached hydrogen (secondary N) is 1. The Morgan fingerprint density at radius 3 is 2.71 bits per heavy atom. The van der Waals surface area contributed by atoms with E-state index in [1.165, 1.54) is 4.90 Å². The van der Waals surface area contributed by atoms with Crippen LogP contribution in [0.2, 0.25) is 0 Å². The number of nitrogens with zero attached hydrogens (tertiary/aromatic N) is 1. The lowest BCUT2D eigenvalue weighted by atomic mass is 9.83. The molecule has 6 heteroatoms. The number of hydrogen-bond acceptors (Lipinski definition) is 5. The molecule has 6 nitrogen and oxygen atoms in total. The third-order valence-corrected chi connectivity index (χ3v) is 4.98. The molecule has 0 aromatic rings. The van der Waals surface area contributed by atoms with Crippen LogP contribution in [0.4, 0.5) is 0 Å². The molecule has 1 N–H and O–H groups in total. The molecule has 1 spiro atoms. The number of hydrogen-bond donors (Lipinski definition) is 1. The van der Waals surface area contributed by atoms with Crippen molar-refractivity contribution in [3.05, 3.63) is 0 Å². The molecule has 0 saturated carbocycles. The zero-order valence-corrected chi connectivity index (χ0v) is 12.6. The number of amides is 2. The summed E-state index contributed by atoms with van der Waals surface area (Å²) in [6.45, 7) is 2.24. The molecule has 0 bridgehead atoms. The molecule has 3 aliphatic heterocycles. The van der Waals surface area contributed by atoms with Crippen LogP contribution in [-0.4, -0.2) is 61.3 Å². The fraction of sp³-hybridized carbons (Fsp3) is 0.867. The first-order valence-electron chi connectivity index (χ1n) is 7.88. The van der Waals surface area contributed by atoms with Crippen molar-refractivity contribution in [1.82, 2.24) is 10.2 Å². The number of carbonyl (C=O) groups is 2. The first-order chi connectivity index (χ1) is 10.1. The van der Waals surface area contributed by atoms with Gasteiger partial charge >= 0.3 is 0 Å². The fourth-order valence-electron chi connectivity index (χ4n) is 3.62. The average molecular weight is 296 g/mol. The second-order valence-electron chi connectivity index (χ2n) is 6.38. The molecular weight excluding hydrogens is 272 g/mol. The van der Waals surface area contributed by atoms with Crippen molar-refractivity contribution in [2.75, 3.05) is 26.9 Å². The Kier molecular flexibility index (Phi) is 4.28. The van der Waals surface area contributed by atoms with Crippen LogP contribution >= 0.6 is 0 Å². The number of likely N-dealkylation sites (N-methyl/N-ethyl adjacent to an activating group) is 1. The molecule has 0 aromatic heterocycles. The third kappa shape index (κ3) is 3.12. The van der Waals surface area contributed by atoms with Crippen molar-refractivity contribution in [2.45, 2.75) is 56.2 Å². The summed E-state index contributed by atoms with van der Waals surface area (Å²) in [5.41, 5.74) is -0.0758. The van der Waals surface area contributed by atoms with E-state index in [9.17, 15) is 9.59 Å². The van der Waals surface area contributed by atoms with Crippen LogP contribution in [0.5, 0.6) is 0 Å². The van der Waals surface area contributed by atoms with Crippen LogP contribution in [0.3, 0.4) is 0 Å². The molecule has 3 heterocycles. The summed E-state index contributed by atoms with van der Waals surface area (Å²) < 4.78 is 11.4. The first-order valence-corrected chi connectivity index (χ1v) is 7.88. The quantitative estimate of drug-likeness (QED) is 0.750. The van der Waals surface area contributed by atoms with E-state index in [-0.39, 0.29) is 29.5 Å². The number of carbonyl (C=O) groups excluding carboxylic acids is 2. The summed E-state index contributed by atoms with van der Waals surface area (Å²) in [5.74, 6) is -0.176. The van der Waals surface area contributed by atoms with E-state index in [1.54, 1.807) is 7.05 Å². The minimum absolute atomic E-state index is 0.0758. The predicted octanol–water partition coefficient (Wildman–Crippen LogP) is 0.452. The second kappa shape index (κ2) is 6.02. The monoisotopic (exact) mass is 296 g/mol. The van der Waals surface area contributed by atoms with Gasteiger partial charge < -0.3 is 14.8 Å². The van der Waals surface area contributed by atoms with Crippen LogP contribution in [0.1, 0.15) is 38.5 Å². The van der Waals surface area contributed by atoms with Gasteiger partial charge in [0.1, 0.15) is 0 Å². The van der Waals surface area contributed by atoms with Gasteiger partial charge in [0.2, 0.25) is 11.8 Å². The van der Waals surface area contributed by atoms with Crippen LogP contribution in [0.25, 0.3) is 0 Å². The van der Waals surface area contributed by atoms with Gasteiger partial charge in [-0.2, -0.15) is 0 Å². The Hall–Kier alpha value is -0.980. The average Bonchev–Trinajstić information content (AvgIpc) is 2.49. The minimum atomic E-state index is -0.229. The predicted molar refractivity (Wildman–Crippen MR) is 75.7 cm³/mol. The number of piperidine rings is 1. The lowest BCUT2D eigenvalue weighted by molar-refractivity contribution is -0.152. The highest BCUT2D eigenvalue weighted by molar-refractivity contribution is 6.00. The third-order valence-electron chi connectivity index (χ3n) is 4.98. The molecule has 3 fully saturated rings. The number of imide groups is 1. The van der Waals surface area contributed by atoms with Gasteiger partial charge in [-0.15, -0.1) is 0 Å². The first kappa shape index (κ1) is 14.9. The van der Waals surface area contributed by atoms with Crippen molar-refractivity contribution in [3.63, 3.8) is 0 Å². The highest BCUT2D eigenvalue weighted by Crippen LogP contribution is 2.34. The highest BCUT2D eigenvalue weighted by Gasteiger charge is 2.41. The Bertz CT molecular complexity index is 414. The summed E-state index contributed by atoms with van der Waals surface area (Å²) in [4.78, 5) is 25.0. The van der Waals surface area contributed by atoms with Crippen molar-refractivity contribution >= 4 is 11.8 Å². The number of rotatable bonds is 2. The fourth-order valence-corrected chi connectivity index (χ4v) is 3.62. The van der Waals surface area contributed by atoms with Gasteiger partial charge in [0.25, 0.3) is 0 Å². The Morgan fingerprint density at radius 1 is 1.19 bits per heavy atom. The summed E-state index contributed by atoms with van der Waals surface area (Å²) in [6, 6.07) is 0.0556. The van der Waals surface area contributed by atoms with Crippen LogP contribution in [0.15, 0.2) is 0 Å². The van der Waals surface area contributed by atoms with E-state index in [4.69, 9.17) is 9.47 Å². The summed E-state index contributed by atoms with van der Waals surface area (Å²) >= 11 is 0. The maximum Gasteiger partial charge on any atom is 0.246 e. The Labute approximate surface area is 125 Å². The smallest absolute Gasteiger partial charge is 0.246 e. The number of ether oxygens (including phenoxy) is 2. The van der Waals surface area contributed by atoms with Gasteiger partial charge in [0.05, 0.1) is 11.6 Å². The lowest BCUT2D eigenvalue weighted by Crippen LogP contribution is -2.57. The molecule has 0 aromatic carbocycles. The maximum atomic E-state index is 12.2. The van der Waals surface area contributed by atoms with Crippen molar-refractivity contribution in [1.29, 1.82) is 0 Å². The summed E-state index contributed by atoms with van der Waals surface area (Å²) in [5, 5.41) is 3.47. The van der Waals surface area contributed by atoms with Crippen molar-refractivity contribution in [3.8, 4) is 0 Å². The normalized spacial score (nSPS) is 33.5. The largest absolute Gasteiger partial charge is 0.381 e. The Morgan fingerprint density at radius 2 is 1.95 bits per heavy atom. The van der Waals surface area contributed by atoms with E-state index < -0.39 is 0 Å². The van der Waals surface area contributed by atoms with Gasteiger partial charge in [0, 0.05) is 39.3 Å².